The van der Waals surface area contributed by atoms with E-state index in [1.807, 2.05) is 79.7 Å². The Hall–Kier alpha value is -4.26. The zero-order valence-electron chi connectivity index (χ0n) is 18.0. The molecule has 164 valence electrons. The van der Waals surface area contributed by atoms with Gasteiger partial charge in [0.25, 0.3) is 5.91 Å². The molecule has 0 saturated heterocycles. The lowest BCUT2D eigenvalue weighted by molar-refractivity contribution is -0.113. The molecule has 1 atom stereocenters. The van der Waals surface area contributed by atoms with Crippen LogP contribution in [-0.4, -0.2) is 28.7 Å². The highest BCUT2D eigenvalue weighted by atomic mass is 16.6. The summed E-state index contributed by atoms with van der Waals surface area (Å²) in [6, 6.07) is 22.9. The molecule has 1 unspecified atom stereocenters. The van der Waals surface area contributed by atoms with E-state index >= 15 is 0 Å². The Balaban J connectivity index is 1.52. The molecule has 3 aromatic carbocycles. The number of fused-ring (bicyclic) bond motifs is 4. The van der Waals surface area contributed by atoms with Gasteiger partial charge in [-0.2, -0.15) is 0 Å². The third-order valence-electron chi connectivity index (χ3n) is 5.99. The van der Waals surface area contributed by atoms with Crippen molar-refractivity contribution in [1.29, 1.82) is 0 Å². The van der Waals surface area contributed by atoms with Gasteiger partial charge in [0.1, 0.15) is 13.2 Å². The molecule has 1 aromatic heterocycles. The molecular weight excluding hydrogens is 416 g/mol. The van der Waals surface area contributed by atoms with Crippen molar-refractivity contribution >= 4 is 28.6 Å². The molecule has 4 aromatic rings. The highest BCUT2D eigenvalue weighted by Crippen LogP contribution is 2.42. The van der Waals surface area contributed by atoms with Crippen molar-refractivity contribution in [3.63, 3.8) is 0 Å². The minimum atomic E-state index is -0.395. The van der Waals surface area contributed by atoms with Gasteiger partial charge in [-0.15, -0.1) is 0 Å². The van der Waals surface area contributed by atoms with Crippen molar-refractivity contribution in [2.24, 2.45) is 0 Å². The summed E-state index contributed by atoms with van der Waals surface area (Å²) in [5, 5.41) is 6.39. The second-order valence-corrected chi connectivity index (χ2v) is 8.08. The highest BCUT2D eigenvalue weighted by Gasteiger charge is 2.34. The fraction of sp³-hybridized carbons (Fsp3) is 0.154. The Bertz CT molecular complexity index is 1410. The first-order valence-corrected chi connectivity index (χ1v) is 10.9. The summed E-state index contributed by atoms with van der Waals surface area (Å²) >= 11 is 0. The maximum absolute atomic E-state index is 13.6. The van der Waals surface area contributed by atoms with E-state index in [0.717, 1.165) is 28.0 Å². The third-order valence-corrected chi connectivity index (χ3v) is 5.99. The normalized spacial score (nSPS) is 16.8. The number of benzene rings is 3. The number of para-hydroxylation sites is 3. The second kappa shape index (κ2) is 7.70. The lowest BCUT2D eigenvalue weighted by Gasteiger charge is -2.31. The van der Waals surface area contributed by atoms with Gasteiger partial charge in [0, 0.05) is 11.4 Å². The lowest BCUT2D eigenvalue weighted by atomic mass is 9.93. The Kier molecular flexibility index (Phi) is 4.54. The Morgan fingerprint density at radius 2 is 1.76 bits per heavy atom. The summed E-state index contributed by atoms with van der Waals surface area (Å²) < 4.78 is 13.6. The fourth-order valence-electron chi connectivity index (χ4n) is 4.52. The number of carbonyl (C=O) groups is 1. The second-order valence-electron chi connectivity index (χ2n) is 8.08. The third kappa shape index (κ3) is 3.29. The van der Waals surface area contributed by atoms with E-state index in [2.05, 4.69) is 15.2 Å². The van der Waals surface area contributed by atoms with Crippen molar-refractivity contribution < 1.29 is 14.3 Å². The summed E-state index contributed by atoms with van der Waals surface area (Å²) in [6.07, 6.45) is 0. The molecule has 33 heavy (non-hydrogen) atoms. The summed E-state index contributed by atoms with van der Waals surface area (Å²) in [6.45, 7) is 2.94. The van der Waals surface area contributed by atoms with E-state index < -0.39 is 6.04 Å². The maximum atomic E-state index is 13.6. The predicted octanol–water partition coefficient (Wildman–Crippen LogP) is 4.74. The van der Waals surface area contributed by atoms with E-state index in [9.17, 15) is 4.79 Å². The summed E-state index contributed by atoms with van der Waals surface area (Å²) in [5.41, 5.74) is 4.84. The number of anilines is 2. The van der Waals surface area contributed by atoms with Gasteiger partial charge < -0.3 is 20.1 Å². The molecular formula is C26H22N4O3. The van der Waals surface area contributed by atoms with E-state index in [0.29, 0.717) is 36.2 Å². The summed E-state index contributed by atoms with van der Waals surface area (Å²) in [5.74, 6) is 1.92. The first-order chi connectivity index (χ1) is 16.2. The molecule has 6 rings (SSSR count). The standard InChI is InChI=1S/C26H22N4O3/c1-16-23(25(31)28-18-7-3-2-4-8-18)24(17-11-12-21-22(15-17)33-14-13-32-21)30-20-10-6-5-9-19(20)29-26(30)27-16/h2-12,15,24H,13-14H2,1H3,(H,27,29)(H,28,31). The van der Waals surface area contributed by atoms with Crippen LogP contribution in [0.2, 0.25) is 0 Å². The van der Waals surface area contributed by atoms with Gasteiger partial charge >= 0.3 is 0 Å². The van der Waals surface area contributed by atoms with E-state index in [1.54, 1.807) is 0 Å². The molecule has 0 spiro atoms. The number of nitrogens with zero attached hydrogens (tertiary/aromatic N) is 2. The topological polar surface area (TPSA) is 77.4 Å². The molecule has 0 bridgehead atoms. The van der Waals surface area contributed by atoms with Crippen LogP contribution in [0.5, 0.6) is 11.5 Å². The first-order valence-electron chi connectivity index (χ1n) is 10.9. The molecule has 0 radical (unpaired) electrons. The van der Waals surface area contributed by atoms with Gasteiger partial charge in [-0.05, 0) is 48.9 Å². The number of allylic oxidation sites excluding steroid dienone is 1. The van der Waals surface area contributed by atoms with Gasteiger partial charge in [-0.1, -0.05) is 36.4 Å². The lowest BCUT2D eigenvalue weighted by Crippen LogP contribution is -2.31. The summed E-state index contributed by atoms with van der Waals surface area (Å²) in [7, 11) is 0. The monoisotopic (exact) mass is 438 g/mol. The van der Waals surface area contributed by atoms with E-state index in [1.165, 1.54) is 0 Å². The predicted molar refractivity (Wildman–Crippen MR) is 127 cm³/mol. The minimum absolute atomic E-state index is 0.172. The average molecular weight is 438 g/mol. The average Bonchev–Trinajstić information content (AvgIpc) is 3.21. The van der Waals surface area contributed by atoms with Gasteiger partial charge in [0.05, 0.1) is 22.6 Å². The Morgan fingerprint density at radius 1 is 1.00 bits per heavy atom. The molecule has 0 aliphatic carbocycles. The molecule has 0 fully saturated rings. The highest BCUT2D eigenvalue weighted by molar-refractivity contribution is 6.06. The molecule has 1 amide bonds. The van der Waals surface area contributed by atoms with Crippen LogP contribution in [0.1, 0.15) is 18.5 Å². The largest absolute Gasteiger partial charge is 0.486 e. The smallest absolute Gasteiger partial charge is 0.255 e. The fourth-order valence-corrected chi connectivity index (χ4v) is 4.52. The van der Waals surface area contributed by atoms with Crippen molar-refractivity contribution in [3.05, 3.63) is 89.6 Å². The zero-order chi connectivity index (χ0) is 22.4. The van der Waals surface area contributed by atoms with E-state index in [-0.39, 0.29) is 5.91 Å². The number of hydrogen-bond donors (Lipinski definition) is 2. The number of nitrogens with one attached hydrogen (secondary N) is 2. The first kappa shape index (κ1) is 19.4. The maximum Gasteiger partial charge on any atom is 0.255 e. The van der Waals surface area contributed by atoms with Crippen LogP contribution in [0.4, 0.5) is 11.6 Å². The zero-order valence-corrected chi connectivity index (χ0v) is 18.0. The number of carbonyl (C=O) groups excluding carboxylic acids is 1. The number of rotatable bonds is 3. The van der Waals surface area contributed by atoms with Gasteiger partial charge in [-0.3, -0.25) is 9.36 Å². The number of amides is 1. The van der Waals surface area contributed by atoms with Crippen LogP contribution in [0, 0.1) is 0 Å². The molecule has 3 heterocycles. The quantitative estimate of drug-likeness (QED) is 0.483. The van der Waals surface area contributed by atoms with Gasteiger partial charge in [0.2, 0.25) is 5.95 Å². The van der Waals surface area contributed by atoms with Crippen LogP contribution in [0.3, 0.4) is 0 Å². The van der Waals surface area contributed by atoms with Crippen molar-refractivity contribution in [2.75, 3.05) is 23.8 Å². The van der Waals surface area contributed by atoms with E-state index in [4.69, 9.17) is 14.5 Å². The van der Waals surface area contributed by atoms with Gasteiger partial charge in [0.15, 0.2) is 11.5 Å². The number of aromatic nitrogens is 2. The number of imidazole rings is 1. The van der Waals surface area contributed by atoms with Crippen LogP contribution < -0.4 is 20.1 Å². The minimum Gasteiger partial charge on any atom is -0.486 e. The van der Waals surface area contributed by atoms with Gasteiger partial charge in [-0.25, -0.2) is 4.98 Å². The number of ether oxygens (including phenoxy) is 2. The van der Waals surface area contributed by atoms with Crippen LogP contribution in [-0.2, 0) is 4.79 Å². The molecule has 2 N–H and O–H groups in total. The van der Waals surface area contributed by atoms with Crippen molar-refractivity contribution in [1.82, 2.24) is 9.55 Å². The van der Waals surface area contributed by atoms with Crippen molar-refractivity contribution in [3.8, 4) is 11.5 Å². The molecule has 7 heteroatoms. The summed E-state index contributed by atoms with van der Waals surface area (Å²) in [4.78, 5) is 18.4. The van der Waals surface area contributed by atoms with Crippen LogP contribution >= 0.6 is 0 Å². The SMILES string of the molecule is CC1=C(C(=O)Nc2ccccc2)C(c2ccc3c(c2)OCCO3)n2c(nc3ccccc32)N1. The number of hydrogen-bond acceptors (Lipinski definition) is 5. The van der Waals surface area contributed by atoms with Crippen LogP contribution in [0.25, 0.3) is 11.0 Å². The van der Waals surface area contributed by atoms with Crippen LogP contribution in [0.15, 0.2) is 84.1 Å². The Labute approximate surface area is 190 Å². The molecule has 2 aliphatic rings. The molecule has 0 saturated carbocycles. The Morgan fingerprint density at radius 3 is 2.61 bits per heavy atom. The molecule has 2 aliphatic heterocycles. The van der Waals surface area contributed by atoms with Crippen molar-refractivity contribution in [2.45, 2.75) is 13.0 Å². The molecule has 7 nitrogen and oxygen atoms in total.